The lowest BCUT2D eigenvalue weighted by Crippen LogP contribution is -2.29. The average molecular weight is 344 g/mol. The Kier molecular flexibility index (Phi) is 7.00. The topological polar surface area (TPSA) is 38.3 Å². The van der Waals surface area contributed by atoms with Crippen LogP contribution in [-0.2, 0) is 16.1 Å². The molecule has 122 valence electrons. The van der Waals surface area contributed by atoms with Crippen LogP contribution in [0.15, 0.2) is 18.2 Å². The second-order valence-corrected chi connectivity index (χ2v) is 6.62. The number of hydrogen-bond donors (Lipinski definition) is 1. The lowest BCUT2D eigenvalue weighted by atomic mass is 9.82. The maximum Gasteiger partial charge on any atom is 0.308 e. The van der Waals surface area contributed by atoms with Gasteiger partial charge in [0.2, 0.25) is 0 Å². The van der Waals surface area contributed by atoms with Crippen molar-refractivity contribution < 1.29 is 9.53 Å². The molecule has 0 heterocycles. The minimum absolute atomic E-state index is 0.0308. The van der Waals surface area contributed by atoms with Crippen LogP contribution in [0.4, 0.5) is 0 Å². The van der Waals surface area contributed by atoms with E-state index in [0.717, 1.165) is 37.8 Å². The van der Waals surface area contributed by atoms with E-state index < -0.39 is 0 Å². The van der Waals surface area contributed by atoms with E-state index in [9.17, 15) is 4.79 Å². The zero-order valence-electron chi connectivity index (χ0n) is 12.9. The van der Waals surface area contributed by atoms with Crippen LogP contribution in [0.2, 0.25) is 10.0 Å². The summed E-state index contributed by atoms with van der Waals surface area (Å²) >= 11 is 12.3. The summed E-state index contributed by atoms with van der Waals surface area (Å²) in [6, 6.07) is 5.56. The average Bonchev–Trinajstić information content (AvgIpc) is 2.51. The zero-order valence-corrected chi connectivity index (χ0v) is 14.4. The van der Waals surface area contributed by atoms with Crippen molar-refractivity contribution in [2.75, 3.05) is 13.2 Å². The molecule has 0 unspecified atom stereocenters. The van der Waals surface area contributed by atoms with Gasteiger partial charge in [0.1, 0.15) is 0 Å². The smallest absolute Gasteiger partial charge is 0.308 e. The van der Waals surface area contributed by atoms with Crippen molar-refractivity contribution in [2.24, 2.45) is 11.8 Å². The lowest BCUT2D eigenvalue weighted by molar-refractivity contribution is -0.149. The van der Waals surface area contributed by atoms with Crippen LogP contribution in [-0.4, -0.2) is 19.1 Å². The molecule has 3 nitrogen and oxygen atoms in total. The highest BCUT2D eigenvalue weighted by atomic mass is 35.5. The molecule has 1 N–H and O–H groups in total. The number of hydrogen-bond acceptors (Lipinski definition) is 3. The molecule has 0 amide bonds. The summed E-state index contributed by atoms with van der Waals surface area (Å²) in [5.74, 6) is 0.665. The van der Waals surface area contributed by atoms with Crippen LogP contribution < -0.4 is 5.32 Å². The summed E-state index contributed by atoms with van der Waals surface area (Å²) in [5, 5.41) is 4.84. The standard InChI is InChI=1S/C17H23Cl2NO2/c1-2-22-17(21)13-8-6-12(7-9-13)10-20-11-14-15(18)4-3-5-16(14)19/h3-5,12-13,20H,2,6-11H2,1H3. The van der Waals surface area contributed by atoms with Gasteiger partial charge >= 0.3 is 5.97 Å². The number of rotatable bonds is 6. The van der Waals surface area contributed by atoms with Crippen molar-refractivity contribution >= 4 is 29.2 Å². The molecule has 0 aliphatic heterocycles. The first-order valence-corrected chi connectivity index (χ1v) is 8.67. The third-order valence-electron chi connectivity index (χ3n) is 4.26. The van der Waals surface area contributed by atoms with Gasteiger partial charge < -0.3 is 10.1 Å². The highest BCUT2D eigenvalue weighted by Crippen LogP contribution is 2.29. The van der Waals surface area contributed by atoms with E-state index in [-0.39, 0.29) is 11.9 Å². The highest BCUT2D eigenvalue weighted by molar-refractivity contribution is 6.35. The molecule has 1 saturated carbocycles. The summed E-state index contributed by atoms with van der Waals surface area (Å²) in [5.41, 5.74) is 0.950. The molecule has 0 saturated heterocycles. The third-order valence-corrected chi connectivity index (χ3v) is 4.97. The minimum Gasteiger partial charge on any atom is -0.466 e. The van der Waals surface area contributed by atoms with Crippen molar-refractivity contribution in [1.29, 1.82) is 0 Å². The van der Waals surface area contributed by atoms with Gasteiger partial charge in [-0.1, -0.05) is 29.3 Å². The Balaban J connectivity index is 1.72. The molecule has 1 aliphatic carbocycles. The number of halogens is 2. The van der Waals surface area contributed by atoms with Crippen LogP contribution >= 0.6 is 23.2 Å². The second-order valence-electron chi connectivity index (χ2n) is 5.80. The molecule has 0 atom stereocenters. The normalized spacial score (nSPS) is 21.6. The molecule has 5 heteroatoms. The van der Waals surface area contributed by atoms with E-state index in [1.165, 1.54) is 0 Å². The van der Waals surface area contributed by atoms with Crippen molar-refractivity contribution in [2.45, 2.75) is 39.2 Å². The first-order valence-electron chi connectivity index (χ1n) is 7.92. The van der Waals surface area contributed by atoms with E-state index in [4.69, 9.17) is 27.9 Å². The number of esters is 1. The van der Waals surface area contributed by atoms with E-state index in [2.05, 4.69) is 5.32 Å². The first-order chi connectivity index (χ1) is 10.6. The van der Waals surface area contributed by atoms with E-state index in [1.807, 2.05) is 25.1 Å². The lowest BCUT2D eigenvalue weighted by Gasteiger charge is -2.27. The van der Waals surface area contributed by atoms with Gasteiger partial charge in [0, 0.05) is 22.2 Å². The predicted octanol–water partition coefficient (Wildman–Crippen LogP) is 4.45. The molecule has 0 bridgehead atoms. The Morgan fingerprint density at radius 3 is 2.45 bits per heavy atom. The van der Waals surface area contributed by atoms with Crippen molar-refractivity contribution in [3.05, 3.63) is 33.8 Å². The van der Waals surface area contributed by atoms with Gasteiger partial charge in [0.25, 0.3) is 0 Å². The molecule has 1 aromatic carbocycles. The summed E-state index contributed by atoms with van der Waals surface area (Å²) in [4.78, 5) is 11.7. The minimum atomic E-state index is -0.0308. The van der Waals surface area contributed by atoms with Crippen molar-refractivity contribution in [3.63, 3.8) is 0 Å². The van der Waals surface area contributed by atoms with Crippen molar-refractivity contribution in [1.82, 2.24) is 5.32 Å². The van der Waals surface area contributed by atoms with E-state index in [1.54, 1.807) is 0 Å². The van der Waals surface area contributed by atoms with Crippen LogP contribution in [0, 0.1) is 11.8 Å². The largest absolute Gasteiger partial charge is 0.466 e. The number of carbonyl (C=O) groups is 1. The molecule has 0 radical (unpaired) electrons. The maximum absolute atomic E-state index is 11.7. The fourth-order valence-corrected chi connectivity index (χ4v) is 3.50. The zero-order chi connectivity index (χ0) is 15.9. The molecule has 1 aliphatic rings. The van der Waals surface area contributed by atoms with Gasteiger partial charge in [0.15, 0.2) is 0 Å². The molecule has 2 rings (SSSR count). The first kappa shape index (κ1) is 17.6. The number of ether oxygens (including phenoxy) is 1. The van der Waals surface area contributed by atoms with E-state index in [0.29, 0.717) is 29.1 Å². The molecule has 0 spiro atoms. The van der Waals surface area contributed by atoms with Crippen LogP contribution in [0.5, 0.6) is 0 Å². The Morgan fingerprint density at radius 1 is 1.23 bits per heavy atom. The Bertz CT molecular complexity index is 479. The fourth-order valence-electron chi connectivity index (χ4n) is 2.96. The summed E-state index contributed by atoms with van der Waals surface area (Å²) in [7, 11) is 0. The fraction of sp³-hybridized carbons (Fsp3) is 0.588. The number of benzene rings is 1. The van der Waals surface area contributed by atoms with E-state index >= 15 is 0 Å². The molecular weight excluding hydrogens is 321 g/mol. The van der Waals surface area contributed by atoms with Crippen LogP contribution in [0.25, 0.3) is 0 Å². The third kappa shape index (κ3) is 4.87. The van der Waals surface area contributed by atoms with Gasteiger partial charge in [-0.3, -0.25) is 4.79 Å². The second kappa shape index (κ2) is 8.76. The Hall–Kier alpha value is -0.770. The Labute approximate surface area is 142 Å². The van der Waals surface area contributed by atoms with Gasteiger partial charge in [-0.25, -0.2) is 0 Å². The molecular formula is C17H23Cl2NO2. The number of nitrogens with one attached hydrogen (secondary N) is 1. The van der Waals surface area contributed by atoms with Crippen molar-refractivity contribution in [3.8, 4) is 0 Å². The molecule has 1 fully saturated rings. The SMILES string of the molecule is CCOC(=O)C1CCC(CNCc2c(Cl)cccc2Cl)CC1. The molecule has 1 aromatic rings. The monoisotopic (exact) mass is 343 g/mol. The van der Waals surface area contributed by atoms with Gasteiger partial charge in [-0.05, 0) is 57.2 Å². The predicted molar refractivity (Wildman–Crippen MR) is 90.2 cm³/mol. The summed E-state index contributed by atoms with van der Waals surface area (Å²) < 4.78 is 5.10. The summed E-state index contributed by atoms with van der Waals surface area (Å²) in [6.07, 6.45) is 3.98. The Morgan fingerprint density at radius 2 is 1.86 bits per heavy atom. The quantitative estimate of drug-likeness (QED) is 0.775. The number of carbonyl (C=O) groups excluding carboxylic acids is 1. The maximum atomic E-state index is 11.7. The van der Waals surface area contributed by atoms with Crippen LogP contribution in [0.3, 0.4) is 0 Å². The molecule has 22 heavy (non-hydrogen) atoms. The van der Waals surface area contributed by atoms with Gasteiger partial charge in [-0.15, -0.1) is 0 Å². The highest BCUT2D eigenvalue weighted by Gasteiger charge is 2.26. The van der Waals surface area contributed by atoms with Gasteiger partial charge in [0.05, 0.1) is 12.5 Å². The van der Waals surface area contributed by atoms with Gasteiger partial charge in [-0.2, -0.15) is 0 Å². The molecule has 0 aromatic heterocycles. The summed E-state index contributed by atoms with van der Waals surface area (Å²) in [6.45, 7) is 3.93. The van der Waals surface area contributed by atoms with Crippen LogP contribution in [0.1, 0.15) is 38.2 Å².